The number of rotatable bonds is 4. The lowest BCUT2D eigenvalue weighted by molar-refractivity contribution is -0.116. The molecule has 21 heavy (non-hydrogen) atoms. The predicted molar refractivity (Wildman–Crippen MR) is 79.9 cm³/mol. The van der Waals surface area contributed by atoms with Crippen molar-refractivity contribution in [2.75, 3.05) is 6.61 Å². The molecular weight excluding hydrogens is 292 g/mol. The number of hydrogen-bond acceptors (Lipinski definition) is 4. The van der Waals surface area contributed by atoms with Gasteiger partial charge in [0.15, 0.2) is 5.78 Å². The molecule has 2 unspecified atom stereocenters. The Balaban J connectivity index is 1.72. The molecule has 0 spiro atoms. The van der Waals surface area contributed by atoms with Gasteiger partial charge in [-0.3, -0.25) is 4.79 Å². The van der Waals surface area contributed by atoms with Crippen LogP contribution in [0.3, 0.4) is 0 Å². The van der Waals surface area contributed by atoms with Crippen LogP contribution in [0.2, 0.25) is 0 Å². The lowest BCUT2D eigenvalue weighted by atomic mass is 9.90. The fraction of sp³-hybridized carbons (Fsp3) is 0.467. The van der Waals surface area contributed by atoms with Crippen molar-refractivity contribution in [3.63, 3.8) is 0 Å². The minimum atomic E-state index is -0.337. The zero-order valence-corrected chi connectivity index (χ0v) is 12.2. The highest BCUT2D eigenvalue weighted by Crippen LogP contribution is 2.43. The van der Waals surface area contributed by atoms with E-state index in [1.165, 1.54) is 0 Å². The van der Waals surface area contributed by atoms with Crippen LogP contribution in [-0.2, 0) is 9.53 Å². The van der Waals surface area contributed by atoms with Gasteiger partial charge in [-0.05, 0) is 25.5 Å². The first-order chi connectivity index (χ1) is 9.97. The quantitative estimate of drug-likeness (QED) is 0.473. The average Bonchev–Trinajstić information content (AvgIpc) is 3.07. The van der Waals surface area contributed by atoms with Crippen molar-refractivity contribution in [1.82, 2.24) is 0 Å². The topological polar surface area (TPSA) is 84.9 Å². The lowest BCUT2D eigenvalue weighted by Crippen LogP contribution is -2.22. The first-order valence-corrected chi connectivity index (χ1v) is 7.32. The van der Waals surface area contributed by atoms with E-state index in [0.717, 1.165) is 6.42 Å². The molecule has 4 atom stereocenters. The number of halogens is 1. The van der Waals surface area contributed by atoms with E-state index in [2.05, 4.69) is 11.6 Å². The van der Waals surface area contributed by atoms with E-state index in [1.54, 1.807) is 6.08 Å². The van der Waals surface area contributed by atoms with Crippen LogP contribution >= 0.6 is 11.6 Å². The second-order valence-corrected chi connectivity index (χ2v) is 6.10. The van der Waals surface area contributed by atoms with E-state index in [9.17, 15) is 4.79 Å². The Labute approximate surface area is 127 Å². The Morgan fingerprint density at radius 2 is 2.29 bits per heavy atom. The molecule has 5 nitrogen and oxygen atoms in total. The third kappa shape index (κ3) is 2.76. The molecule has 2 aliphatic carbocycles. The fourth-order valence-electron chi connectivity index (χ4n) is 2.98. The molecule has 2 fully saturated rings. The molecule has 0 aromatic carbocycles. The Morgan fingerprint density at radius 3 is 3.00 bits per heavy atom. The first-order valence-electron chi connectivity index (χ1n) is 6.94. The van der Waals surface area contributed by atoms with Gasteiger partial charge >= 0.3 is 0 Å². The number of Topliss-reactive ketones (excluding diaryl/α,β-unsaturated/α-hetero) is 1. The number of fused-ring (bicyclic) bond motifs is 1. The maximum atomic E-state index is 12.5. The number of aliphatic hydroxyl groups excluding tert-OH is 1. The van der Waals surface area contributed by atoms with Crippen LogP contribution in [0, 0.1) is 17.8 Å². The Morgan fingerprint density at radius 1 is 1.52 bits per heavy atom. The van der Waals surface area contributed by atoms with Crippen molar-refractivity contribution >= 4 is 23.2 Å². The molecule has 1 saturated carbocycles. The standard InChI is InChI=1S/C15H17ClN2O3/c1-7(19)18-15(17)11-6-10(11)13(20)9-4-8-2-3-21-14(8)12(16)5-9/h4-5,8,10-11,14,19H,1-3,6H2,(H2,17,18)/t8?,10-,11-,14?/m0/s1. The molecule has 0 bridgehead atoms. The number of nitrogens with zero attached hydrogens (tertiary/aromatic N) is 1. The van der Waals surface area contributed by atoms with E-state index in [0.29, 0.717) is 23.6 Å². The smallest absolute Gasteiger partial charge is 0.204 e. The summed E-state index contributed by atoms with van der Waals surface area (Å²) in [6.45, 7) is 3.93. The molecule has 112 valence electrons. The van der Waals surface area contributed by atoms with Gasteiger partial charge in [0.05, 0.1) is 6.10 Å². The summed E-state index contributed by atoms with van der Waals surface area (Å²) in [7, 11) is 0. The summed E-state index contributed by atoms with van der Waals surface area (Å²) in [5.41, 5.74) is 6.38. The van der Waals surface area contributed by atoms with Crippen LogP contribution in [0.4, 0.5) is 0 Å². The molecule has 1 saturated heterocycles. The van der Waals surface area contributed by atoms with E-state index < -0.39 is 0 Å². The predicted octanol–water partition coefficient (Wildman–Crippen LogP) is 2.05. The highest BCUT2D eigenvalue weighted by Gasteiger charge is 2.47. The van der Waals surface area contributed by atoms with Crippen molar-refractivity contribution < 1.29 is 14.6 Å². The molecule has 3 aliphatic rings. The summed E-state index contributed by atoms with van der Waals surface area (Å²) < 4.78 is 5.54. The van der Waals surface area contributed by atoms with Crippen molar-refractivity contribution in [3.05, 3.63) is 35.2 Å². The normalized spacial score (nSPS) is 34.8. The van der Waals surface area contributed by atoms with Crippen LogP contribution in [0.5, 0.6) is 0 Å². The van der Waals surface area contributed by atoms with Crippen molar-refractivity contribution in [1.29, 1.82) is 0 Å². The minimum absolute atomic E-state index is 0.0326. The van der Waals surface area contributed by atoms with Gasteiger partial charge in [-0.15, -0.1) is 0 Å². The van der Waals surface area contributed by atoms with Crippen LogP contribution in [0.15, 0.2) is 40.2 Å². The molecule has 3 rings (SSSR count). The van der Waals surface area contributed by atoms with Gasteiger partial charge in [0.1, 0.15) is 5.84 Å². The van der Waals surface area contributed by atoms with Crippen molar-refractivity contribution in [2.45, 2.75) is 18.9 Å². The van der Waals surface area contributed by atoms with E-state index in [4.69, 9.17) is 27.2 Å². The number of ketones is 1. The van der Waals surface area contributed by atoms with Gasteiger partial charge in [0.25, 0.3) is 0 Å². The maximum Gasteiger partial charge on any atom is 0.204 e. The molecule has 0 aromatic rings. The summed E-state index contributed by atoms with van der Waals surface area (Å²) in [6, 6.07) is 0. The summed E-state index contributed by atoms with van der Waals surface area (Å²) in [6.07, 6.45) is 5.09. The monoisotopic (exact) mass is 308 g/mol. The number of amidine groups is 1. The zero-order valence-electron chi connectivity index (χ0n) is 11.5. The number of aliphatic imine (C=N–C) groups is 1. The second kappa shape index (κ2) is 5.31. The fourth-order valence-corrected chi connectivity index (χ4v) is 3.32. The number of nitrogens with two attached hydrogens (primary N) is 1. The number of carbonyl (C=O) groups excluding carboxylic acids is 1. The minimum Gasteiger partial charge on any atom is -0.494 e. The average molecular weight is 309 g/mol. The number of aliphatic hydroxyl groups is 1. The lowest BCUT2D eigenvalue weighted by Gasteiger charge is -2.20. The molecule has 0 radical (unpaired) electrons. The van der Waals surface area contributed by atoms with E-state index in [1.807, 2.05) is 6.08 Å². The van der Waals surface area contributed by atoms with Crippen LogP contribution in [0.25, 0.3) is 0 Å². The Bertz CT molecular complexity index is 594. The third-order valence-corrected chi connectivity index (χ3v) is 4.47. The van der Waals surface area contributed by atoms with Crippen molar-refractivity contribution in [2.24, 2.45) is 28.5 Å². The second-order valence-electron chi connectivity index (χ2n) is 5.66. The zero-order chi connectivity index (χ0) is 15.1. The molecule has 3 N–H and O–H groups in total. The first kappa shape index (κ1) is 14.4. The molecule has 6 heteroatoms. The highest BCUT2D eigenvalue weighted by atomic mass is 35.5. The number of carbonyl (C=O) groups is 1. The Hall–Kier alpha value is -1.59. The number of allylic oxidation sites excluding steroid dienone is 2. The number of ether oxygens (including phenoxy) is 1. The van der Waals surface area contributed by atoms with Gasteiger partial charge in [-0.25, -0.2) is 4.99 Å². The molecule has 0 amide bonds. The Kier molecular flexibility index (Phi) is 3.63. The van der Waals surface area contributed by atoms with Gasteiger partial charge in [0, 0.05) is 35.0 Å². The largest absolute Gasteiger partial charge is 0.494 e. The SMILES string of the molecule is C=C(O)/N=C(\N)[C@H]1C[C@@H]1C(=O)C1=CC2CCOC2C(Cl)=C1. The number of hydrogen-bond donors (Lipinski definition) is 2. The summed E-state index contributed by atoms with van der Waals surface area (Å²) in [5, 5.41) is 9.60. The van der Waals surface area contributed by atoms with Crippen LogP contribution in [-0.4, -0.2) is 29.4 Å². The van der Waals surface area contributed by atoms with Gasteiger partial charge in [0.2, 0.25) is 5.88 Å². The van der Waals surface area contributed by atoms with Crippen LogP contribution < -0.4 is 5.73 Å². The third-order valence-electron chi connectivity index (χ3n) is 4.15. The molecular formula is C15H17ClN2O3. The molecule has 1 heterocycles. The van der Waals surface area contributed by atoms with Gasteiger partial charge in [-0.2, -0.15) is 0 Å². The molecule has 0 aromatic heterocycles. The summed E-state index contributed by atoms with van der Waals surface area (Å²) >= 11 is 6.20. The maximum absolute atomic E-state index is 12.5. The summed E-state index contributed by atoms with van der Waals surface area (Å²) in [5.74, 6) is -0.163. The highest BCUT2D eigenvalue weighted by molar-refractivity contribution is 6.31. The van der Waals surface area contributed by atoms with E-state index in [-0.39, 0.29) is 41.4 Å². The van der Waals surface area contributed by atoms with Crippen molar-refractivity contribution in [3.8, 4) is 0 Å². The molecule has 1 aliphatic heterocycles. The summed E-state index contributed by atoms with van der Waals surface area (Å²) in [4.78, 5) is 16.2. The van der Waals surface area contributed by atoms with Gasteiger partial charge < -0.3 is 15.6 Å². The van der Waals surface area contributed by atoms with Gasteiger partial charge in [-0.1, -0.05) is 17.7 Å². The van der Waals surface area contributed by atoms with E-state index >= 15 is 0 Å². The van der Waals surface area contributed by atoms with Crippen LogP contribution in [0.1, 0.15) is 12.8 Å².